The van der Waals surface area contributed by atoms with Gasteiger partial charge in [-0.15, -0.1) is 0 Å². The first-order chi connectivity index (χ1) is 9.29. The zero-order valence-electron chi connectivity index (χ0n) is 14.7. The van der Waals surface area contributed by atoms with Crippen molar-refractivity contribution >= 4 is 0 Å². The van der Waals surface area contributed by atoms with Crippen molar-refractivity contribution in [3.05, 3.63) is 35.4 Å². The van der Waals surface area contributed by atoms with Gasteiger partial charge in [0.25, 0.3) is 0 Å². The molecule has 0 nitrogen and oxygen atoms in total. The molecule has 1 rings (SSSR count). The molecule has 1 atom stereocenters. The molecule has 0 N–H and O–H groups in total. The second-order valence-corrected chi connectivity index (χ2v) is 7.45. The van der Waals surface area contributed by atoms with Gasteiger partial charge in [0.15, 0.2) is 0 Å². The van der Waals surface area contributed by atoms with Crippen molar-refractivity contribution in [1.29, 1.82) is 0 Å². The number of benzene rings is 1. The lowest BCUT2D eigenvalue weighted by Gasteiger charge is -2.31. The molecule has 0 spiro atoms. The van der Waals surface area contributed by atoms with Crippen molar-refractivity contribution in [3.8, 4) is 0 Å². The highest BCUT2D eigenvalue weighted by Gasteiger charge is 2.25. The molecule has 0 fully saturated rings. The van der Waals surface area contributed by atoms with Crippen molar-refractivity contribution in [2.75, 3.05) is 0 Å². The van der Waals surface area contributed by atoms with Crippen LogP contribution in [0.3, 0.4) is 0 Å². The molecule has 114 valence electrons. The molecule has 1 aromatic rings. The van der Waals surface area contributed by atoms with Gasteiger partial charge >= 0.3 is 0 Å². The second-order valence-electron chi connectivity index (χ2n) is 7.45. The summed E-state index contributed by atoms with van der Waals surface area (Å²) < 4.78 is 0. The summed E-state index contributed by atoms with van der Waals surface area (Å²) in [5, 5.41) is 0. The van der Waals surface area contributed by atoms with Gasteiger partial charge in [-0.25, -0.2) is 0 Å². The minimum absolute atomic E-state index is 0.281. The Kier molecular flexibility index (Phi) is 5.86. The van der Waals surface area contributed by atoms with Crippen LogP contribution in [0.1, 0.15) is 85.3 Å². The Morgan fingerprint density at radius 2 is 1.30 bits per heavy atom. The summed E-state index contributed by atoms with van der Waals surface area (Å²) >= 11 is 0. The highest BCUT2D eigenvalue weighted by atomic mass is 14.3. The van der Waals surface area contributed by atoms with E-state index in [0.717, 1.165) is 5.92 Å². The van der Waals surface area contributed by atoms with Crippen LogP contribution in [0.5, 0.6) is 0 Å². The van der Waals surface area contributed by atoms with Crippen LogP contribution in [0.15, 0.2) is 24.3 Å². The zero-order valence-corrected chi connectivity index (χ0v) is 14.7. The van der Waals surface area contributed by atoms with E-state index in [4.69, 9.17) is 0 Å². The monoisotopic (exact) mass is 274 g/mol. The third-order valence-corrected chi connectivity index (χ3v) is 5.48. The molecule has 0 saturated heterocycles. The zero-order chi connectivity index (χ0) is 15.4. The lowest BCUT2D eigenvalue weighted by molar-refractivity contribution is 0.372. The molecule has 0 heteroatoms. The fraction of sp³-hybridized carbons (Fsp3) is 0.700. The van der Waals surface area contributed by atoms with Crippen molar-refractivity contribution < 1.29 is 0 Å². The summed E-state index contributed by atoms with van der Waals surface area (Å²) in [5.41, 5.74) is 3.59. The van der Waals surface area contributed by atoms with E-state index in [0.29, 0.717) is 5.41 Å². The Morgan fingerprint density at radius 3 is 1.70 bits per heavy atom. The maximum atomic E-state index is 2.38. The van der Waals surface area contributed by atoms with Crippen molar-refractivity contribution in [3.63, 3.8) is 0 Å². The molecule has 0 amide bonds. The molecule has 1 unspecified atom stereocenters. The third kappa shape index (κ3) is 3.87. The molecule has 0 radical (unpaired) electrons. The van der Waals surface area contributed by atoms with Crippen LogP contribution in [0.25, 0.3) is 0 Å². The number of hydrogen-bond acceptors (Lipinski definition) is 0. The number of hydrogen-bond donors (Lipinski definition) is 0. The molecule has 20 heavy (non-hydrogen) atoms. The molecule has 0 saturated carbocycles. The van der Waals surface area contributed by atoms with Crippen LogP contribution in [-0.4, -0.2) is 0 Å². The third-order valence-electron chi connectivity index (χ3n) is 5.48. The average molecular weight is 274 g/mol. The summed E-state index contributed by atoms with van der Waals surface area (Å²) in [6, 6.07) is 9.45. The first kappa shape index (κ1) is 17.3. The predicted molar refractivity (Wildman–Crippen MR) is 91.5 cm³/mol. The first-order valence-electron chi connectivity index (χ1n) is 8.40. The topological polar surface area (TPSA) is 0 Å². The van der Waals surface area contributed by atoms with E-state index in [9.17, 15) is 0 Å². The minimum atomic E-state index is 0.281. The normalized spacial score (nSPS) is 14.3. The maximum absolute atomic E-state index is 2.38. The molecular weight excluding hydrogens is 240 g/mol. The molecule has 0 aliphatic carbocycles. The molecular formula is C20H34. The van der Waals surface area contributed by atoms with Gasteiger partial charge in [0.2, 0.25) is 0 Å². The van der Waals surface area contributed by atoms with Gasteiger partial charge in [-0.3, -0.25) is 0 Å². The van der Waals surface area contributed by atoms with Gasteiger partial charge in [0, 0.05) is 0 Å². The van der Waals surface area contributed by atoms with Crippen LogP contribution in [-0.2, 0) is 10.8 Å². The lowest BCUT2D eigenvalue weighted by Crippen LogP contribution is -2.22. The lowest BCUT2D eigenvalue weighted by atomic mass is 9.74. The molecule has 0 aliphatic heterocycles. The summed E-state index contributed by atoms with van der Waals surface area (Å²) in [6.07, 6.45) is 4.95. The van der Waals surface area contributed by atoms with E-state index >= 15 is 0 Å². The van der Waals surface area contributed by atoms with Gasteiger partial charge in [-0.2, -0.15) is 0 Å². The smallest absolute Gasteiger partial charge is 0.00805 e. The van der Waals surface area contributed by atoms with Crippen LogP contribution >= 0.6 is 0 Å². The van der Waals surface area contributed by atoms with Crippen LogP contribution in [0.2, 0.25) is 0 Å². The quantitative estimate of drug-likeness (QED) is 0.534. The van der Waals surface area contributed by atoms with Crippen LogP contribution in [0, 0.1) is 5.92 Å². The average Bonchev–Trinajstić information content (AvgIpc) is 2.46. The standard InChI is InChI=1S/C20H34/c1-8-16(4)15-19(5,6)17-11-13-18(14-12-17)20(7,9-2)10-3/h11-14,16H,8-10,15H2,1-7H3. The Labute approximate surface area is 127 Å². The van der Waals surface area contributed by atoms with Crippen molar-refractivity contribution in [2.45, 2.75) is 85.0 Å². The fourth-order valence-electron chi connectivity index (χ4n) is 3.12. The van der Waals surface area contributed by atoms with Crippen molar-refractivity contribution in [1.82, 2.24) is 0 Å². The van der Waals surface area contributed by atoms with Crippen LogP contribution in [0.4, 0.5) is 0 Å². The highest BCUT2D eigenvalue weighted by Crippen LogP contribution is 2.35. The SMILES string of the molecule is CCC(C)CC(C)(C)c1ccc(C(C)(CC)CC)cc1. The fourth-order valence-corrected chi connectivity index (χ4v) is 3.12. The predicted octanol–water partition coefficient (Wildman–Crippen LogP) is 6.48. The van der Waals surface area contributed by atoms with Crippen molar-refractivity contribution in [2.24, 2.45) is 5.92 Å². The van der Waals surface area contributed by atoms with E-state index in [2.05, 4.69) is 72.7 Å². The Hall–Kier alpha value is -0.780. The first-order valence-corrected chi connectivity index (χ1v) is 8.40. The van der Waals surface area contributed by atoms with Gasteiger partial charge in [0.1, 0.15) is 0 Å². The van der Waals surface area contributed by atoms with Gasteiger partial charge in [-0.1, -0.05) is 79.2 Å². The molecule has 0 bridgehead atoms. The maximum Gasteiger partial charge on any atom is -0.00805 e. The van der Waals surface area contributed by atoms with E-state index in [-0.39, 0.29) is 5.41 Å². The van der Waals surface area contributed by atoms with Gasteiger partial charge in [0.05, 0.1) is 0 Å². The molecule has 0 aliphatic rings. The minimum Gasteiger partial charge on any atom is -0.0651 e. The molecule has 0 aromatic heterocycles. The van der Waals surface area contributed by atoms with E-state index < -0.39 is 0 Å². The second kappa shape index (κ2) is 6.78. The largest absolute Gasteiger partial charge is 0.0651 e. The molecule has 0 heterocycles. The van der Waals surface area contributed by atoms with Gasteiger partial charge < -0.3 is 0 Å². The van der Waals surface area contributed by atoms with Crippen LogP contribution < -0.4 is 0 Å². The van der Waals surface area contributed by atoms with E-state index in [1.807, 2.05) is 0 Å². The van der Waals surface area contributed by atoms with E-state index in [1.54, 1.807) is 0 Å². The molecule has 1 aromatic carbocycles. The highest BCUT2D eigenvalue weighted by molar-refractivity contribution is 5.32. The Bertz CT molecular complexity index is 393. The van der Waals surface area contributed by atoms with Gasteiger partial charge in [-0.05, 0) is 47.1 Å². The summed E-state index contributed by atoms with van der Waals surface area (Å²) in [5.74, 6) is 0.793. The summed E-state index contributed by atoms with van der Waals surface area (Å²) in [6.45, 7) is 16.4. The Balaban J connectivity index is 2.96. The van der Waals surface area contributed by atoms with E-state index in [1.165, 1.54) is 36.8 Å². The number of rotatable bonds is 7. The summed E-state index contributed by atoms with van der Waals surface area (Å²) in [7, 11) is 0. The summed E-state index contributed by atoms with van der Waals surface area (Å²) in [4.78, 5) is 0. The Morgan fingerprint density at radius 1 is 0.850 bits per heavy atom.